The monoisotopic (exact) mass is 1720 g/mol. The Labute approximate surface area is 727 Å². The molecule has 660 valence electrons. The van der Waals surface area contributed by atoms with Gasteiger partial charge in [0, 0.05) is 121 Å². The number of nitrogens with zero attached hydrogens (tertiary/aromatic N) is 17. The minimum Gasteiger partial charge on any atom is -0.443 e. The molecule has 3 N–H and O–H groups in total. The molecule has 0 bridgehead atoms. The smallest absolute Gasteiger partial charge is 0.415 e. The predicted octanol–water partition coefficient (Wildman–Crippen LogP) is 14.7. The number of nitrogens with one attached hydrogen (secondary N) is 3. The van der Waals surface area contributed by atoms with E-state index in [0.717, 1.165) is 55.6 Å². The SMILES string of the molecule is CO[C@H]1CCC1CC(=O)c1cnn2c(N(C)C(=O)OC(C)(C)C)cc(Nc3cccn(-c4ccc(C)nc4)c3=O)cc12.CO[C@H]1CCC1CC(=O)c1cnn2c(N(C)C(=O)OC(C)(C)C)cc(Nc3cccn(-c4ccc(C)nc4)c3=O)nc12.CO[C@H]1CCC1CC(=O)c1cnn2c(N(C)C(=O)OC(C)(C)C)cc(Nc3cccn(-c4ccc(C)nc4)c3=O)nc12. The van der Waals surface area contributed by atoms with Crippen molar-refractivity contribution in [1.29, 1.82) is 0 Å². The van der Waals surface area contributed by atoms with Crippen molar-refractivity contribution in [2.45, 2.75) is 176 Å². The van der Waals surface area contributed by atoms with Gasteiger partial charge in [-0.05, 0) is 218 Å². The third-order valence-electron chi connectivity index (χ3n) is 21.9. The van der Waals surface area contributed by atoms with E-state index < -0.39 is 35.1 Å². The Bertz CT molecular complexity index is 5650. The maximum Gasteiger partial charge on any atom is 0.415 e. The lowest BCUT2D eigenvalue weighted by molar-refractivity contribution is -0.0171. The molecule has 12 heterocycles. The standard InChI is InChI=1S/C31H36N6O5.2C30H35N7O5/c1-19-9-11-22(17-32-19)36-13-7-8-24(29(36)39)34-21-15-25-23(26(38)14-20-10-12-27(20)41-6)18-33-37(25)28(16-21)35(5)30(40)42-31(2,3)4;2*1-18-9-11-20(16-31-18)36-13-7-8-22(28(36)39)33-25-15-26(35(5)29(40)42-30(2,3)4)37-27(34-25)21(17-32-37)23(38)14-19-10-12-24(19)41-6/h7-9,11,13,15-18,20,27,34H,10,12,14H2,1-6H3;2*7-9,11,13,15-17,19,24H,10,12,14H2,1-6H3,(H,33,34)/t20?,27-;2*19?,24-/m000/s1. The summed E-state index contributed by atoms with van der Waals surface area (Å²) in [5.41, 5.74) is 4.59. The molecule has 15 rings (SSSR count). The van der Waals surface area contributed by atoms with Gasteiger partial charge in [-0.3, -0.25) is 72.1 Å². The summed E-state index contributed by atoms with van der Waals surface area (Å²) in [6.07, 6.45) is 19.1. The van der Waals surface area contributed by atoms with Crippen molar-refractivity contribution >= 4 is 104 Å². The van der Waals surface area contributed by atoms with Gasteiger partial charge >= 0.3 is 18.3 Å². The van der Waals surface area contributed by atoms with E-state index in [1.165, 1.54) is 60.5 Å². The highest BCUT2D eigenvalue weighted by Gasteiger charge is 2.38. The van der Waals surface area contributed by atoms with E-state index in [4.69, 9.17) is 28.4 Å². The maximum absolute atomic E-state index is 13.5. The number of hydrogen-bond donors (Lipinski definition) is 3. The van der Waals surface area contributed by atoms with Crippen molar-refractivity contribution in [3.63, 3.8) is 0 Å². The topological polar surface area (TPSA) is 386 Å². The third-order valence-corrected chi connectivity index (χ3v) is 21.9. The molecule has 0 aromatic carbocycles. The maximum atomic E-state index is 13.5. The van der Waals surface area contributed by atoms with Gasteiger partial charge in [0.2, 0.25) is 0 Å². The second kappa shape index (κ2) is 37.4. The normalized spacial score (nSPS) is 16.6. The fourth-order valence-corrected chi connectivity index (χ4v) is 14.7. The summed E-state index contributed by atoms with van der Waals surface area (Å²) < 4.78 is 42.0. The largest absolute Gasteiger partial charge is 0.443 e. The van der Waals surface area contributed by atoms with Crippen LogP contribution in [0.1, 0.15) is 168 Å². The lowest BCUT2D eigenvalue weighted by Crippen LogP contribution is -2.35. The second-order valence-corrected chi connectivity index (χ2v) is 34.5. The molecule has 3 saturated carbocycles. The molecule has 0 radical (unpaired) electrons. The van der Waals surface area contributed by atoms with Crippen LogP contribution in [0.25, 0.3) is 33.9 Å². The minimum absolute atomic E-state index is 0.0545. The summed E-state index contributed by atoms with van der Waals surface area (Å²) in [6, 6.07) is 27.7. The number of carbonyl (C=O) groups excluding carboxylic acids is 6. The van der Waals surface area contributed by atoms with Gasteiger partial charge in [-0.25, -0.2) is 28.9 Å². The molecule has 0 spiro atoms. The molecule has 0 aliphatic heterocycles. The zero-order valence-electron chi connectivity index (χ0n) is 74.0. The first-order valence-electron chi connectivity index (χ1n) is 41.5. The highest BCUT2D eigenvalue weighted by molar-refractivity contribution is 6.05. The molecule has 3 aliphatic rings. The van der Waals surface area contributed by atoms with Crippen molar-refractivity contribution in [2.75, 3.05) is 73.1 Å². The molecular weight excluding hydrogens is 1610 g/mol. The fourth-order valence-electron chi connectivity index (χ4n) is 14.7. The number of fused-ring (bicyclic) bond motifs is 3. The van der Waals surface area contributed by atoms with Crippen molar-refractivity contribution in [3.8, 4) is 17.1 Å². The van der Waals surface area contributed by atoms with Crippen LogP contribution in [0.4, 0.5) is 66.2 Å². The number of ether oxygens (including phenoxy) is 6. The summed E-state index contributed by atoms with van der Waals surface area (Å²) in [4.78, 5) is 146. The van der Waals surface area contributed by atoms with Gasteiger partial charge in [0.15, 0.2) is 28.6 Å². The number of ketones is 3. The van der Waals surface area contributed by atoms with Gasteiger partial charge < -0.3 is 44.4 Å². The van der Waals surface area contributed by atoms with Crippen LogP contribution in [0, 0.1) is 38.5 Å². The predicted molar refractivity (Wildman–Crippen MR) is 476 cm³/mol. The first-order chi connectivity index (χ1) is 59.8. The number of methoxy groups -OCH3 is 3. The second-order valence-electron chi connectivity index (χ2n) is 34.5. The van der Waals surface area contributed by atoms with E-state index >= 15 is 0 Å². The zero-order chi connectivity index (χ0) is 90.5. The first-order valence-corrected chi connectivity index (χ1v) is 41.5. The summed E-state index contributed by atoms with van der Waals surface area (Å²) in [7, 11) is 9.65. The third kappa shape index (κ3) is 20.5. The summed E-state index contributed by atoms with van der Waals surface area (Å²) >= 11 is 0. The van der Waals surface area contributed by atoms with E-state index in [1.807, 2.05) is 57.2 Å². The molecule has 0 saturated heterocycles. The molecular formula is C91H106N20O15. The Morgan fingerprint density at radius 2 is 0.722 bits per heavy atom. The molecule has 12 aromatic rings. The van der Waals surface area contributed by atoms with E-state index in [1.54, 1.807) is 203 Å². The van der Waals surface area contributed by atoms with Crippen LogP contribution >= 0.6 is 0 Å². The molecule has 3 fully saturated rings. The number of aromatic nitrogens is 14. The van der Waals surface area contributed by atoms with E-state index in [2.05, 4.69) is 56.2 Å². The van der Waals surface area contributed by atoms with Gasteiger partial charge in [-0.15, -0.1) is 0 Å². The van der Waals surface area contributed by atoms with E-state index in [-0.39, 0.29) is 104 Å². The van der Waals surface area contributed by atoms with Crippen molar-refractivity contribution in [1.82, 2.24) is 67.5 Å². The van der Waals surface area contributed by atoms with Gasteiger partial charge in [0.05, 0.1) is 94.8 Å². The number of Topliss-reactive ketones (excluding diaryl/α,β-unsaturated/α-hetero) is 3. The van der Waals surface area contributed by atoms with Crippen molar-refractivity contribution in [3.05, 3.63) is 218 Å². The van der Waals surface area contributed by atoms with Crippen LogP contribution in [0.2, 0.25) is 0 Å². The van der Waals surface area contributed by atoms with Gasteiger partial charge in [-0.2, -0.15) is 24.3 Å². The fraction of sp³-hybridized carbons (Fsp3) is 0.396. The van der Waals surface area contributed by atoms with Crippen LogP contribution < -0.4 is 47.3 Å². The van der Waals surface area contributed by atoms with Crippen LogP contribution in [-0.2, 0) is 28.4 Å². The summed E-state index contributed by atoms with van der Waals surface area (Å²) in [6.45, 7) is 21.6. The number of amides is 3. The Morgan fingerprint density at radius 1 is 0.405 bits per heavy atom. The van der Waals surface area contributed by atoms with E-state index in [0.29, 0.717) is 87.4 Å². The molecule has 3 aliphatic carbocycles. The highest BCUT2D eigenvalue weighted by atomic mass is 16.6. The quantitative estimate of drug-likeness (QED) is 0.0373. The van der Waals surface area contributed by atoms with Crippen molar-refractivity contribution in [2.24, 2.45) is 17.8 Å². The van der Waals surface area contributed by atoms with Crippen LogP contribution in [0.15, 0.2) is 167 Å². The number of aryl methyl sites for hydroxylation is 3. The molecule has 6 atom stereocenters. The number of hydrogen-bond acceptors (Lipinski definition) is 26. The zero-order valence-corrected chi connectivity index (χ0v) is 74.0. The van der Waals surface area contributed by atoms with Crippen LogP contribution in [-0.4, -0.2) is 181 Å². The number of carbonyl (C=O) groups is 6. The van der Waals surface area contributed by atoms with Gasteiger partial charge in [0.25, 0.3) is 16.7 Å². The molecule has 3 amide bonds. The molecule has 12 aromatic heterocycles. The number of anilines is 9. The Hall–Kier alpha value is -13.7. The number of rotatable bonds is 24. The molecule has 126 heavy (non-hydrogen) atoms. The minimum atomic E-state index is -0.732. The number of pyridine rings is 7. The van der Waals surface area contributed by atoms with Crippen molar-refractivity contribution < 1.29 is 57.2 Å². The highest BCUT2D eigenvalue weighted by Crippen LogP contribution is 2.39. The van der Waals surface area contributed by atoms with Crippen LogP contribution in [0.5, 0.6) is 0 Å². The summed E-state index contributed by atoms with van der Waals surface area (Å²) in [5.74, 6) is 1.55. The Kier molecular flexibility index (Phi) is 26.7. The van der Waals surface area contributed by atoms with E-state index in [9.17, 15) is 43.2 Å². The summed E-state index contributed by atoms with van der Waals surface area (Å²) in [5, 5.41) is 22.7. The Morgan fingerprint density at radius 3 is 1.03 bits per heavy atom. The van der Waals surface area contributed by atoms with Gasteiger partial charge in [-0.1, -0.05) is 0 Å². The lowest BCUT2D eigenvalue weighted by Gasteiger charge is -2.34. The molecule has 3 unspecified atom stereocenters. The lowest BCUT2D eigenvalue weighted by atomic mass is 9.78. The molecule has 35 nitrogen and oxygen atoms in total. The average Bonchev–Trinajstić information content (AvgIpc) is 1.61. The average molecular weight is 1720 g/mol. The molecule has 35 heteroatoms. The Balaban J connectivity index is 0.000000162. The van der Waals surface area contributed by atoms with Gasteiger partial charge in [0.1, 0.15) is 63.0 Å². The first kappa shape index (κ1) is 90.1. The van der Waals surface area contributed by atoms with Crippen LogP contribution in [0.3, 0.4) is 0 Å².